The molecule has 0 N–H and O–H groups in total. The van der Waals surface area contributed by atoms with Crippen molar-refractivity contribution in [3.05, 3.63) is 153 Å². The fourth-order valence-corrected chi connectivity index (χ4v) is 9.43. The van der Waals surface area contributed by atoms with Gasteiger partial charge in [-0.3, -0.25) is 28.0 Å². The van der Waals surface area contributed by atoms with Crippen LogP contribution >= 0.6 is 0 Å². The van der Waals surface area contributed by atoms with Gasteiger partial charge in [-0.05, 0) is 103 Å². The van der Waals surface area contributed by atoms with Crippen molar-refractivity contribution < 1.29 is 19.2 Å². The zero-order chi connectivity index (χ0) is 45.1. The third-order valence-electron chi connectivity index (χ3n) is 12.8. The van der Waals surface area contributed by atoms with Gasteiger partial charge >= 0.3 is 0 Å². The van der Waals surface area contributed by atoms with Gasteiger partial charge in [0.1, 0.15) is 34.1 Å². The average molecular weight is 875 g/mol. The molecule has 12 heterocycles. The minimum atomic E-state index is 0. The third kappa shape index (κ3) is 7.49. The van der Waals surface area contributed by atoms with Crippen LogP contribution in [0.15, 0.2) is 85.3 Å². The van der Waals surface area contributed by atoms with Gasteiger partial charge in [0.05, 0.1) is 5.69 Å². The Hall–Kier alpha value is -7.22. The molecule has 0 saturated heterocycles. The summed E-state index contributed by atoms with van der Waals surface area (Å²) in [6, 6.07) is 22.5. The Balaban J connectivity index is 0.000000118. The molecule has 0 fully saturated rings. The number of carbonyl (C=O) groups excluding carboxylic acids is 4. The lowest BCUT2D eigenvalue weighted by atomic mass is 10.2. The van der Waals surface area contributed by atoms with Crippen molar-refractivity contribution in [2.75, 3.05) is 26.2 Å². The summed E-state index contributed by atoms with van der Waals surface area (Å²) in [4.78, 5) is 64.7. The number of nitrogens with zero attached hydrogens (tertiary/aromatic N) is 10. The SMILES string of the molecule is C.CCN1Cc2ccc3cc(C)cn3c2C1=O.CCN1Cc2ccc3ccc(C)n3c2C1=O.CCN1Cc2ccc3nc(C)cn3c2C1=O.CCN1Cc2ccc3ncc(C)n3c2C1=O. The average Bonchev–Trinajstić information content (AvgIpc) is 4.18. The Morgan fingerprint density at radius 3 is 1.48 bits per heavy atom. The highest BCUT2D eigenvalue weighted by Gasteiger charge is 2.32. The molecule has 8 aromatic heterocycles. The Bertz CT molecular complexity index is 2960. The van der Waals surface area contributed by atoms with E-state index < -0.39 is 0 Å². The molecular formula is C51H58N10O4. The number of amides is 4. The number of imidazole rings is 2. The second-order valence-electron chi connectivity index (χ2n) is 16.9. The van der Waals surface area contributed by atoms with Crippen LogP contribution < -0.4 is 0 Å². The molecule has 65 heavy (non-hydrogen) atoms. The monoisotopic (exact) mass is 874 g/mol. The van der Waals surface area contributed by atoms with Gasteiger partial charge in [-0.15, -0.1) is 0 Å². The fourth-order valence-electron chi connectivity index (χ4n) is 9.43. The van der Waals surface area contributed by atoms with Crippen molar-refractivity contribution in [2.45, 2.75) is 89.0 Å². The van der Waals surface area contributed by atoms with Crippen molar-refractivity contribution in [2.24, 2.45) is 0 Å². The highest BCUT2D eigenvalue weighted by molar-refractivity contribution is 5.99. The molecular weight excluding hydrogens is 817 g/mol. The highest BCUT2D eigenvalue weighted by atomic mass is 16.2. The van der Waals surface area contributed by atoms with Crippen LogP contribution in [0.1, 0.15) is 122 Å². The summed E-state index contributed by atoms with van der Waals surface area (Å²) in [5.41, 5.74) is 15.9. The van der Waals surface area contributed by atoms with E-state index >= 15 is 0 Å². The number of rotatable bonds is 4. The number of carbonyl (C=O) groups is 4. The van der Waals surface area contributed by atoms with E-state index in [1.54, 1.807) is 6.20 Å². The summed E-state index contributed by atoms with van der Waals surface area (Å²) < 4.78 is 7.94. The van der Waals surface area contributed by atoms with E-state index in [0.29, 0.717) is 0 Å². The maximum atomic E-state index is 12.2. The van der Waals surface area contributed by atoms with Crippen LogP contribution in [-0.2, 0) is 26.2 Å². The van der Waals surface area contributed by atoms with Gasteiger partial charge in [0, 0.05) is 116 Å². The summed E-state index contributed by atoms with van der Waals surface area (Å²) in [6.07, 6.45) is 5.76. The van der Waals surface area contributed by atoms with Crippen LogP contribution in [0.5, 0.6) is 0 Å². The molecule has 4 aliphatic heterocycles. The molecule has 12 rings (SSSR count). The molecule has 0 unspecified atom stereocenters. The molecule has 0 aliphatic carbocycles. The van der Waals surface area contributed by atoms with Crippen molar-refractivity contribution in [3.8, 4) is 0 Å². The van der Waals surface area contributed by atoms with Crippen LogP contribution in [0.4, 0.5) is 0 Å². The minimum absolute atomic E-state index is 0. The second kappa shape index (κ2) is 17.4. The second-order valence-corrected chi connectivity index (χ2v) is 16.9. The summed E-state index contributed by atoms with van der Waals surface area (Å²) in [5.74, 6) is 0.533. The molecule has 0 saturated carbocycles. The van der Waals surface area contributed by atoms with Crippen molar-refractivity contribution in [1.29, 1.82) is 0 Å². The van der Waals surface area contributed by atoms with Gasteiger partial charge in [-0.1, -0.05) is 31.7 Å². The molecule has 0 spiro atoms. The van der Waals surface area contributed by atoms with Crippen molar-refractivity contribution >= 4 is 46.0 Å². The molecule has 0 atom stereocenters. The molecule has 8 aromatic rings. The van der Waals surface area contributed by atoms with Gasteiger partial charge in [-0.25, -0.2) is 9.97 Å². The molecule has 4 amide bonds. The maximum Gasteiger partial charge on any atom is 0.271 e. The van der Waals surface area contributed by atoms with Crippen LogP contribution in [0.25, 0.3) is 22.3 Å². The summed E-state index contributed by atoms with van der Waals surface area (Å²) in [6.45, 7) is 22.0. The Morgan fingerprint density at radius 2 is 0.923 bits per heavy atom. The molecule has 4 aliphatic rings. The number of hydrogen-bond donors (Lipinski definition) is 0. The van der Waals surface area contributed by atoms with Crippen molar-refractivity contribution in [1.82, 2.24) is 47.2 Å². The predicted molar refractivity (Wildman–Crippen MR) is 253 cm³/mol. The Labute approximate surface area is 379 Å². The Morgan fingerprint density at radius 1 is 0.477 bits per heavy atom. The third-order valence-corrected chi connectivity index (χ3v) is 12.8. The van der Waals surface area contributed by atoms with Crippen LogP contribution in [0, 0.1) is 27.7 Å². The normalized spacial score (nSPS) is 14.6. The van der Waals surface area contributed by atoms with E-state index in [1.807, 2.05) is 118 Å². The molecule has 0 radical (unpaired) electrons. The van der Waals surface area contributed by atoms with Crippen LogP contribution in [-0.4, -0.2) is 97.0 Å². The van der Waals surface area contributed by atoms with Crippen LogP contribution in [0.3, 0.4) is 0 Å². The topological polar surface area (TPSA) is 125 Å². The van der Waals surface area contributed by atoms with E-state index in [2.05, 4.69) is 63.8 Å². The highest BCUT2D eigenvalue weighted by Crippen LogP contribution is 2.28. The molecule has 14 nitrogen and oxygen atoms in total. The van der Waals surface area contributed by atoms with E-state index in [4.69, 9.17) is 0 Å². The first-order valence-corrected chi connectivity index (χ1v) is 22.2. The standard InChI is InChI=1S/2C13H14N2O.2C12H13N3O.CH4/c1-3-14-8-10-5-7-11-6-4-9(2)15(11)12(10)13(14)16;1-3-14-8-10-4-5-11-6-9(2)7-15(11)12(10)13(14)16;1-3-14-7-9-4-5-10-13-8(2)6-15(10)11(9)12(14)16;1-3-14-7-9-4-5-10-13-6-8(2)15(10)11(9)12(14)16;/h2*4-7H,3,8H2,1-2H3;2*4-6H,3,7H2,1-2H3;1H4. The molecule has 336 valence electrons. The number of aryl methyl sites for hydroxylation is 4. The summed E-state index contributed by atoms with van der Waals surface area (Å²) in [7, 11) is 0. The summed E-state index contributed by atoms with van der Waals surface area (Å²) in [5, 5.41) is 0. The Kier molecular flexibility index (Phi) is 11.9. The first kappa shape index (κ1) is 44.4. The molecule has 14 heteroatoms. The lowest BCUT2D eigenvalue weighted by Gasteiger charge is -2.11. The van der Waals surface area contributed by atoms with Crippen LogP contribution in [0.2, 0.25) is 0 Å². The number of aromatic nitrogens is 6. The number of pyridine rings is 4. The van der Waals surface area contributed by atoms with E-state index in [9.17, 15) is 19.2 Å². The largest absolute Gasteiger partial charge is 0.333 e. The van der Waals surface area contributed by atoms with Gasteiger partial charge < -0.3 is 28.4 Å². The maximum absolute atomic E-state index is 12.2. The first-order valence-electron chi connectivity index (χ1n) is 22.2. The minimum Gasteiger partial charge on any atom is -0.333 e. The zero-order valence-corrected chi connectivity index (χ0v) is 37.8. The fraction of sp³-hybridized carbons (Fsp3) is 0.333. The lowest BCUT2D eigenvalue weighted by Crippen LogP contribution is -2.24. The van der Waals surface area contributed by atoms with E-state index in [-0.39, 0.29) is 31.1 Å². The smallest absolute Gasteiger partial charge is 0.271 e. The van der Waals surface area contributed by atoms with Gasteiger partial charge in [0.2, 0.25) is 0 Å². The van der Waals surface area contributed by atoms with Gasteiger partial charge in [0.25, 0.3) is 23.6 Å². The van der Waals surface area contributed by atoms with Gasteiger partial charge in [0.15, 0.2) is 0 Å². The summed E-state index contributed by atoms with van der Waals surface area (Å²) >= 11 is 0. The lowest BCUT2D eigenvalue weighted by molar-refractivity contribution is 0.0774. The predicted octanol–water partition coefficient (Wildman–Crippen LogP) is 8.32. The molecule has 0 aromatic carbocycles. The quantitative estimate of drug-likeness (QED) is 0.175. The zero-order valence-electron chi connectivity index (χ0n) is 37.8. The number of fused-ring (bicyclic) bond motifs is 12. The number of hydrogen-bond acceptors (Lipinski definition) is 6. The van der Waals surface area contributed by atoms with E-state index in [1.165, 1.54) is 5.56 Å². The van der Waals surface area contributed by atoms with Crippen molar-refractivity contribution in [3.63, 3.8) is 0 Å². The van der Waals surface area contributed by atoms with Gasteiger partial charge in [-0.2, -0.15) is 0 Å². The first-order chi connectivity index (χ1) is 30.8. The van der Waals surface area contributed by atoms with E-state index in [0.717, 1.165) is 137 Å². The molecule has 0 bridgehead atoms.